The van der Waals surface area contributed by atoms with Crippen LogP contribution in [0.5, 0.6) is 0 Å². The third-order valence-corrected chi connectivity index (χ3v) is 1.42. The second-order valence-corrected chi connectivity index (χ2v) is 2.37. The first kappa shape index (κ1) is 10.6. The van der Waals surface area contributed by atoms with E-state index in [1.165, 1.54) is 0 Å². The van der Waals surface area contributed by atoms with E-state index in [-0.39, 0.29) is 13.2 Å². The minimum atomic E-state index is -0.0426. The lowest BCUT2D eigenvalue weighted by Gasteiger charge is -2.17. The van der Waals surface area contributed by atoms with Crippen LogP contribution in [0.2, 0.25) is 0 Å². The van der Waals surface area contributed by atoms with Gasteiger partial charge in [0.25, 0.3) is 0 Å². The van der Waals surface area contributed by atoms with Crippen LogP contribution < -0.4 is 0 Å². The summed E-state index contributed by atoms with van der Waals surface area (Å²) in [6, 6.07) is 0. The average molecular weight is 158 g/mol. The zero-order valence-corrected chi connectivity index (χ0v) is 6.83. The van der Waals surface area contributed by atoms with Crippen LogP contribution in [0.25, 0.3) is 0 Å². The van der Waals surface area contributed by atoms with Gasteiger partial charge in [-0.2, -0.15) is 0 Å². The summed E-state index contributed by atoms with van der Waals surface area (Å²) in [5.74, 6) is 0. The zero-order valence-electron chi connectivity index (χ0n) is 6.83. The molecule has 1 radical (unpaired) electrons. The summed E-state index contributed by atoms with van der Waals surface area (Å²) in [6.45, 7) is 5.83. The van der Waals surface area contributed by atoms with Crippen LogP contribution in [-0.2, 0) is 5.11 Å². The summed E-state index contributed by atoms with van der Waals surface area (Å²) < 4.78 is 0. The highest BCUT2D eigenvalue weighted by Crippen LogP contribution is 1.90. The second kappa shape index (κ2) is 7.72. The number of aliphatic hydroxyl groups excluding tert-OH is 1. The minimum Gasteiger partial charge on any atom is -0.395 e. The molecule has 65 valence electrons. The van der Waals surface area contributed by atoms with Crippen LogP contribution in [0.1, 0.15) is 6.42 Å². The van der Waals surface area contributed by atoms with E-state index in [1.54, 1.807) is 6.08 Å². The smallest absolute Gasteiger partial charge is 0.0834 e. The Morgan fingerprint density at radius 1 is 1.45 bits per heavy atom. The van der Waals surface area contributed by atoms with Crippen molar-refractivity contribution in [1.82, 2.24) is 4.90 Å². The molecule has 3 nitrogen and oxygen atoms in total. The van der Waals surface area contributed by atoms with E-state index >= 15 is 0 Å². The first-order valence-corrected chi connectivity index (χ1v) is 3.87. The van der Waals surface area contributed by atoms with Crippen LogP contribution in [0.4, 0.5) is 0 Å². The summed E-state index contributed by atoms with van der Waals surface area (Å²) >= 11 is 0. The number of rotatable bonds is 7. The maximum absolute atomic E-state index is 10.1. The highest BCUT2D eigenvalue weighted by atomic mass is 16.3. The van der Waals surface area contributed by atoms with Crippen molar-refractivity contribution < 1.29 is 10.2 Å². The molecule has 0 aliphatic carbocycles. The van der Waals surface area contributed by atoms with Gasteiger partial charge < -0.3 is 5.11 Å². The molecule has 0 aromatic carbocycles. The van der Waals surface area contributed by atoms with Gasteiger partial charge in [0, 0.05) is 19.6 Å². The topological polar surface area (TPSA) is 43.4 Å². The number of hydrogen-bond donors (Lipinski definition) is 1. The van der Waals surface area contributed by atoms with Crippen molar-refractivity contribution in [3.05, 3.63) is 12.7 Å². The van der Waals surface area contributed by atoms with Crippen molar-refractivity contribution in [2.75, 3.05) is 32.8 Å². The predicted molar refractivity (Wildman–Crippen MR) is 43.9 cm³/mol. The van der Waals surface area contributed by atoms with Gasteiger partial charge in [0.1, 0.15) is 0 Å². The van der Waals surface area contributed by atoms with Gasteiger partial charge in [-0.25, -0.2) is 5.11 Å². The zero-order chi connectivity index (χ0) is 8.53. The van der Waals surface area contributed by atoms with Gasteiger partial charge in [-0.05, 0) is 6.42 Å². The van der Waals surface area contributed by atoms with Gasteiger partial charge in [-0.3, -0.25) is 4.90 Å². The molecule has 0 aromatic rings. The average Bonchev–Trinajstić information content (AvgIpc) is 2.01. The molecule has 0 saturated heterocycles. The quantitative estimate of drug-likeness (QED) is 0.541. The molecule has 1 N–H and O–H groups in total. The van der Waals surface area contributed by atoms with Gasteiger partial charge in [0.2, 0.25) is 0 Å². The Bertz CT molecular complexity index is 96.1. The Morgan fingerprint density at radius 2 is 2.18 bits per heavy atom. The summed E-state index contributed by atoms with van der Waals surface area (Å²) in [6.07, 6.45) is 2.42. The Labute approximate surface area is 68.0 Å². The first-order chi connectivity index (χ1) is 5.35. The van der Waals surface area contributed by atoms with Crippen molar-refractivity contribution in [1.29, 1.82) is 0 Å². The SMILES string of the molecule is C=CCN(CCO)CCC[O]. The fourth-order valence-corrected chi connectivity index (χ4v) is 0.907. The summed E-state index contributed by atoms with van der Waals surface area (Å²) in [5.41, 5.74) is 0. The first-order valence-electron chi connectivity index (χ1n) is 3.87. The van der Waals surface area contributed by atoms with Crippen LogP contribution >= 0.6 is 0 Å². The van der Waals surface area contributed by atoms with Crippen LogP contribution in [-0.4, -0.2) is 42.9 Å². The fourth-order valence-electron chi connectivity index (χ4n) is 0.907. The Morgan fingerprint density at radius 3 is 2.64 bits per heavy atom. The molecule has 0 aromatic heterocycles. The van der Waals surface area contributed by atoms with E-state index in [9.17, 15) is 5.11 Å². The van der Waals surface area contributed by atoms with Crippen LogP contribution in [0, 0.1) is 0 Å². The van der Waals surface area contributed by atoms with Gasteiger partial charge >= 0.3 is 0 Å². The molecule has 0 fully saturated rings. The van der Waals surface area contributed by atoms with Gasteiger partial charge in [0.05, 0.1) is 13.2 Å². The number of hydrogen-bond acceptors (Lipinski definition) is 2. The minimum absolute atomic E-state index is 0.0426. The van der Waals surface area contributed by atoms with E-state index in [4.69, 9.17) is 5.11 Å². The van der Waals surface area contributed by atoms with Crippen molar-refractivity contribution >= 4 is 0 Å². The van der Waals surface area contributed by atoms with Crippen LogP contribution in [0.3, 0.4) is 0 Å². The highest BCUT2D eigenvalue weighted by Gasteiger charge is 1.99. The molecule has 0 bridgehead atoms. The molecule has 0 heterocycles. The van der Waals surface area contributed by atoms with Gasteiger partial charge in [0.15, 0.2) is 0 Å². The maximum Gasteiger partial charge on any atom is 0.0834 e. The lowest BCUT2D eigenvalue weighted by Crippen LogP contribution is -2.28. The Hall–Kier alpha value is -0.380. The number of aliphatic hydroxyl groups is 1. The summed E-state index contributed by atoms with van der Waals surface area (Å²) in [7, 11) is 0. The fraction of sp³-hybridized carbons (Fsp3) is 0.750. The van der Waals surface area contributed by atoms with Gasteiger partial charge in [-0.1, -0.05) is 6.08 Å². The lowest BCUT2D eigenvalue weighted by atomic mass is 10.4. The van der Waals surface area contributed by atoms with E-state index in [0.29, 0.717) is 13.0 Å². The van der Waals surface area contributed by atoms with Crippen molar-refractivity contribution in [2.24, 2.45) is 0 Å². The lowest BCUT2D eigenvalue weighted by molar-refractivity contribution is 0.157. The molecule has 0 aliphatic heterocycles. The molecule has 0 rings (SSSR count). The van der Waals surface area contributed by atoms with E-state index in [0.717, 1.165) is 13.1 Å². The third kappa shape index (κ3) is 6.04. The number of nitrogens with zero attached hydrogens (tertiary/aromatic N) is 1. The monoisotopic (exact) mass is 158 g/mol. The summed E-state index contributed by atoms with van der Waals surface area (Å²) in [4.78, 5) is 2.00. The maximum atomic E-state index is 10.1. The van der Waals surface area contributed by atoms with Crippen molar-refractivity contribution in [3.63, 3.8) is 0 Å². The predicted octanol–water partition coefficient (Wildman–Crippen LogP) is 0.287. The largest absolute Gasteiger partial charge is 0.395 e. The molecule has 0 unspecified atom stereocenters. The van der Waals surface area contributed by atoms with Crippen molar-refractivity contribution in [2.45, 2.75) is 6.42 Å². The molecule has 3 heteroatoms. The summed E-state index contributed by atoms with van der Waals surface area (Å²) in [5, 5.41) is 18.7. The van der Waals surface area contributed by atoms with E-state index in [1.807, 2.05) is 4.90 Å². The van der Waals surface area contributed by atoms with E-state index in [2.05, 4.69) is 6.58 Å². The molecule has 0 aliphatic rings. The molecular weight excluding hydrogens is 142 g/mol. The molecule has 11 heavy (non-hydrogen) atoms. The molecule has 0 amide bonds. The molecule has 0 atom stereocenters. The van der Waals surface area contributed by atoms with Gasteiger partial charge in [-0.15, -0.1) is 6.58 Å². The Balaban J connectivity index is 3.41. The highest BCUT2D eigenvalue weighted by molar-refractivity contribution is 4.72. The molecule has 0 spiro atoms. The van der Waals surface area contributed by atoms with Crippen molar-refractivity contribution in [3.8, 4) is 0 Å². The van der Waals surface area contributed by atoms with Crippen LogP contribution in [0.15, 0.2) is 12.7 Å². The second-order valence-electron chi connectivity index (χ2n) is 2.37. The molecule has 0 saturated carbocycles. The molecular formula is C8H16NO2. The normalized spacial score (nSPS) is 10.5. The Kier molecular flexibility index (Phi) is 7.46. The van der Waals surface area contributed by atoms with E-state index < -0.39 is 0 Å². The standard InChI is InChI=1S/C8H16NO2/c1-2-4-9(6-8-11)5-3-7-10/h2,11H,1,3-8H2. The third-order valence-electron chi connectivity index (χ3n) is 1.42.